The van der Waals surface area contributed by atoms with Gasteiger partial charge in [0.15, 0.2) is 0 Å². The molecule has 0 radical (unpaired) electrons. The fourth-order valence-electron chi connectivity index (χ4n) is 5.97. The van der Waals surface area contributed by atoms with Gasteiger partial charge in [-0.25, -0.2) is 0 Å². The minimum absolute atomic E-state index is 0.0426. The van der Waals surface area contributed by atoms with Crippen molar-refractivity contribution in [1.82, 2.24) is 20.0 Å². The number of hydrogen-bond donors (Lipinski definition) is 1. The number of rotatable bonds is 8. The number of amides is 2. The van der Waals surface area contributed by atoms with Crippen LogP contribution in [-0.2, 0) is 11.3 Å². The van der Waals surface area contributed by atoms with Crippen molar-refractivity contribution in [2.45, 2.75) is 57.4 Å². The van der Waals surface area contributed by atoms with Crippen molar-refractivity contribution in [3.63, 3.8) is 0 Å². The van der Waals surface area contributed by atoms with E-state index in [0.29, 0.717) is 29.9 Å². The van der Waals surface area contributed by atoms with Crippen molar-refractivity contribution in [2.24, 2.45) is 0 Å². The number of hydrogen-bond acceptors (Lipinski definition) is 5. The standard InChI is InChI=1S/C32H42N4O2S/c1-3-34-18-20-35(21-19-34)17-16-33-31(37)26-14-12-25(13-15-26)22-30-32(38)36(23-27-9-5-4-8-24(27)2)28-10-6-7-11-29(28)39-30/h4-5,8-9,12-15,22,28-29H,3,6-7,10-11,16-21,23H2,1-2H3,(H,33,37)/b30-22+. The lowest BCUT2D eigenvalue weighted by Crippen LogP contribution is -2.50. The number of nitrogens with one attached hydrogen (secondary N) is 1. The molecule has 2 aliphatic heterocycles. The topological polar surface area (TPSA) is 55.9 Å². The molecule has 39 heavy (non-hydrogen) atoms. The molecule has 1 N–H and O–H groups in total. The Bertz CT molecular complexity index is 1170. The molecule has 2 atom stereocenters. The van der Waals surface area contributed by atoms with Gasteiger partial charge < -0.3 is 15.1 Å². The normalized spacial score (nSPS) is 23.6. The minimum Gasteiger partial charge on any atom is -0.351 e. The molecule has 6 nitrogen and oxygen atoms in total. The van der Waals surface area contributed by atoms with E-state index in [4.69, 9.17) is 0 Å². The second kappa shape index (κ2) is 13.2. The number of thioether (sulfide) groups is 1. The van der Waals surface area contributed by atoms with E-state index >= 15 is 0 Å². The number of carbonyl (C=O) groups is 2. The zero-order chi connectivity index (χ0) is 27.2. The van der Waals surface area contributed by atoms with E-state index in [1.165, 1.54) is 24.0 Å². The molecular weight excluding hydrogens is 504 g/mol. The van der Waals surface area contributed by atoms with Crippen LogP contribution in [0.4, 0.5) is 0 Å². The summed E-state index contributed by atoms with van der Waals surface area (Å²) in [5.41, 5.74) is 4.07. The number of fused-ring (bicyclic) bond motifs is 1. The van der Waals surface area contributed by atoms with Gasteiger partial charge in [-0.05, 0) is 61.2 Å². The first-order valence-electron chi connectivity index (χ1n) is 14.6. The van der Waals surface area contributed by atoms with E-state index < -0.39 is 0 Å². The Morgan fingerprint density at radius 3 is 2.46 bits per heavy atom. The van der Waals surface area contributed by atoms with Crippen LogP contribution in [0.5, 0.6) is 0 Å². The quantitative estimate of drug-likeness (QED) is 0.483. The third-order valence-corrected chi connectivity index (χ3v) is 9.92. The summed E-state index contributed by atoms with van der Waals surface area (Å²) in [5.74, 6) is 0.0898. The Kier molecular flexibility index (Phi) is 9.43. The maximum Gasteiger partial charge on any atom is 0.260 e. The van der Waals surface area contributed by atoms with Crippen LogP contribution in [0.1, 0.15) is 59.7 Å². The highest BCUT2D eigenvalue weighted by Gasteiger charge is 2.40. The monoisotopic (exact) mass is 546 g/mol. The molecule has 0 bridgehead atoms. The molecule has 2 unspecified atom stereocenters. The lowest BCUT2D eigenvalue weighted by Gasteiger charge is -2.44. The van der Waals surface area contributed by atoms with E-state index in [-0.39, 0.29) is 11.8 Å². The molecule has 0 aromatic heterocycles. The highest BCUT2D eigenvalue weighted by molar-refractivity contribution is 8.04. The third kappa shape index (κ3) is 6.94. The number of carbonyl (C=O) groups excluding carboxylic acids is 2. The molecule has 2 aromatic carbocycles. The van der Waals surface area contributed by atoms with Gasteiger partial charge in [-0.3, -0.25) is 14.5 Å². The number of benzene rings is 2. The maximum atomic E-state index is 13.7. The largest absolute Gasteiger partial charge is 0.351 e. The number of piperazine rings is 1. The summed E-state index contributed by atoms with van der Waals surface area (Å²) >= 11 is 1.76. The van der Waals surface area contributed by atoms with Crippen molar-refractivity contribution < 1.29 is 9.59 Å². The summed E-state index contributed by atoms with van der Waals surface area (Å²) in [6.45, 7) is 12.0. The predicted molar refractivity (Wildman–Crippen MR) is 161 cm³/mol. The summed E-state index contributed by atoms with van der Waals surface area (Å²) in [4.78, 5) is 34.3. The molecule has 3 fully saturated rings. The van der Waals surface area contributed by atoms with Gasteiger partial charge in [-0.1, -0.05) is 56.2 Å². The molecular formula is C32H42N4O2S. The zero-order valence-electron chi connectivity index (χ0n) is 23.4. The Morgan fingerprint density at radius 2 is 1.72 bits per heavy atom. The minimum atomic E-state index is -0.0426. The van der Waals surface area contributed by atoms with Crippen LogP contribution in [0.15, 0.2) is 53.4 Å². The average molecular weight is 547 g/mol. The molecule has 1 saturated carbocycles. The zero-order valence-corrected chi connectivity index (χ0v) is 24.2. The molecule has 208 valence electrons. The Morgan fingerprint density at radius 1 is 1.00 bits per heavy atom. The van der Waals surface area contributed by atoms with Crippen LogP contribution in [-0.4, -0.2) is 83.6 Å². The van der Waals surface area contributed by atoms with Gasteiger partial charge >= 0.3 is 0 Å². The molecule has 2 saturated heterocycles. The molecule has 2 aromatic rings. The predicted octanol–water partition coefficient (Wildman–Crippen LogP) is 4.79. The van der Waals surface area contributed by atoms with Crippen LogP contribution in [0, 0.1) is 6.92 Å². The smallest absolute Gasteiger partial charge is 0.260 e. The molecule has 7 heteroatoms. The SMILES string of the molecule is CCN1CCN(CCNC(=O)c2ccc(/C=C3/SC4CCCCC4N(Cc4ccccc4C)C3=O)cc2)CC1. The van der Waals surface area contributed by atoms with Crippen molar-refractivity contribution in [3.8, 4) is 0 Å². The molecule has 2 heterocycles. The van der Waals surface area contributed by atoms with Gasteiger partial charge in [-0.15, -0.1) is 11.8 Å². The van der Waals surface area contributed by atoms with Gasteiger partial charge in [0.25, 0.3) is 11.8 Å². The van der Waals surface area contributed by atoms with Crippen LogP contribution < -0.4 is 5.32 Å². The van der Waals surface area contributed by atoms with Crippen molar-refractivity contribution in [2.75, 3.05) is 45.8 Å². The highest BCUT2D eigenvalue weighted by atomic mass is 32.2. The molecule has 5 rings (SSSR count). The fourth-order valence-corrected chi connectivity index (χ4v) is 7.45. The molecule has 2 amide bonds. The van der Waals surface area contributed by atoms with Gasteiger partial charge in [0.1, 0.15) is 0 Å². The van der Waals surface area contributed by atoms with Crippen LogP contribution >= 0.6 is 11.8 Å². The summed E-state index contributed by atoms with van der Waals surface area (Å²) in [6, 6.07) is 16.3. The van der Waals surface area contributed by atoms with Crippen molar-refractivity contribution in [3.05, 3.63) is 75.7 Å². The Balaban J connectivity index is 1.21. The number of likely N-dealkylation sites (N-methyl/N-ethyl adjacent to an activating group) is 1. The first kappa shape index (κ1) is 27.9. The van der Waals surface area contributed by atoms with Gasteiger partial charge in [0.2, 0.25) is 0 Å². The molecule has 1 aliphatic carbocycles. The molecule has 3 aliphatic rings. The van der Waals surface area contributed by atoms with Crippen molar-refractivity contribution >= 4 is 29.7 Å². The third-order valence-electron chi connectivity index (χ3n) is 8.52. The summed E-state index contributed by atoms with van der Waals surface area (Å²) in [6.07, 6.45) is 6.67. The van der Waals surface area contributed by atoms with Gasteiger partial charge in [0.05, 0.1) is 4.91 Å². The summed E-state index contributed by atoms with van der Waals surface area (Å²) in [5, 5.41) is 3.52. The fraction of sp³-hybridized carbons (Fsp3) is 0.500. The van der Waals surface area contributed by atoms with E-state index in [1.807, 2.05) is 30.3 Å². The highest BCUT2D eigenvalue weighted by Crippen LogP contribution is 2.42. The second-order valence-corrected chi connectivity index (χ2v) is 12.3. The second-order valence-electron chi connectivity index (χ2n) is 11.0. The van der Waals surface area contributed by atoms with Crippen LogP contribution in [0.3, 0.4) is 0 Å². The average Bonchev–Trinajstić information content (AvgIpc) is 2.97. The van der Waals surface area contributed by atoms with Gasteiger partial charge in [-0.2, -0.15) is 0 Å². The lowest BCUT2D eigenvalue weighted by atomic mass is 9.92. The first-order chi connectivity index (χ1) is 19.0. The van der Waals surface area contributed by atoms with E-state index in [1.54, 1.807) is 11.8 Å². The van der Waals surface area contributed by atoms with Crippen LogP contribution in [0.2, 0.25) is 0 Å². The summed E-state index contributed by atoms with van der Waals surface area (Å²) in [7, 11) is 0. The van der Waals surface area contributed by atoms with E-state index in [0.717, 1.165) is 62.6 Å². The Hall–Kier alpha value is -2.61. The van der Waals surface area contributed by atoms with Crippen LogP contribution in [0.25, 0.3) is 6.08 Å². The van der Waals surface area contributed by atoms with E-state index in [9.17, 15) is 9.59 Å². The summed E-state index contributed by atoms with van der Waals surface area (Å²) < 4.78 is 0. The number of aryl methyl sites for hydroxylation is 1. The van der Waals surface area contributed by atoms with Gasteiger partial charge in [0, 0.05) is 62.7 Å². The maximum absolute atomic E-state index is 13.7. The van der Waals surface area contributed by atoms with E-state index in [2.05, 4.69) is 58.1 Å². The lowest BCUT2D eigenvalue weighted by molar-refractivity contribution is -0.130. The molecule has 0 spiro atoms. The Labute approximate surface area is 237 Å². The first-order valence-corrected chi connectivity index (χ1v) is 15.5. The van der Waals surface area contributed by atoms with Crippen molar-refractivity contribution in [1.29, 1.82) is 0 Å². The number of nitrogens with zero attached hydrogens (tertiary/aromatic N) is 3.